The molecule has 2 atom stereocenters. The molecule has 2 fully saturated rings. The lowest BCUT2D eigenvalue weighted by atomic mass is 10.1. The Morgan fingerprint density at radius 2 is 2.03 bits per heavy atom. The van der Waals surface area contributed by atoms with E-state index in [1.54, 1.807) is 16.4 Å². The number of carbonyl (C=O) groups excluding carboxylic acids is 1. The summed E-state index contributed by atoms with van der Waals surface area (Å²) in [4.78, 5) is 27.9. The van der Waals surface area contributed by atoms with Crippen molar-refractivity contribution in [3.05, 3.63) is 54.2 Å². The van der Waals surface area contributed by atoms with Gasteiger partial charge in [0.15, 0.2) is 0 Å². The number of hydrogen-bond acceptors (Lipinski definition) is 8. The maximum atomic E-state index is 12.0. The van der Waals surface area contributed by atoms with Gasteiger partial charge in [0.05, 0.1) is 22.8 Å². The van der Waals surface area contributed by atoms with Crippen LogP contribution in [-0.2, 0) is 16.1 Å². The summed E-state index contributed by atoms with van der Waals surface area (Å²) in [6.07, 6.45) is 2.44. The van der Waals surface area contributed by atoms with Gasteiger partial charge in [0.25, 0.3) is 5.19 Å². The number of fused-ring (bicyclic) bond motifs is 4. The van der Waals surface area contributed by atoms with Crippen LogP contribution in [0.5, 0.6) is 10.9 Å². The molecule has 1 N–H and O–H groups in total. The Morgan fingerprint density at radius 3 is 2.80 bits per heavy atom. The quantitative estimate of drug-likeness (QED) is 0.358. The van der Waals surface area contributed by atoms with Crippen molar-refractivity contribution >= 4 is 38.6 Å². The monoisotopic (exact) mass is 492 g/mol. The fourth-order valence-corrected chi connectivity index (χ4v) is 5.79. The second-order valence-corrected chi connectivity index (χ2v) is 11.2. The van der Waals surface area contributed by atoms with Gasteiger partial charge in [-0.05, 0) is 57.0 Å². The maximum Gasteiger partial charge on any atom is 0.528 e. The third-order valence-electron chi connectivity index (χ3n) is 6.48. The summed E-state index contributed by atoms with van der Waals surface area (Å²) in [6, 6.07) is 14.7. The number of nitrogens with one attached hydrogen (secondary N) is 1. The molecule has 2 saturated heterocycles. The molecule has 8 nitrogen and oxygen atoms in total. The fourth-order valence-electron chi connectivity index (χ4n) is 4.96. The summed E-state index contributed by atoms with van der Waals surface area (Å²) < 4.78 is 12.5. The standard InChI is InChI=1S/C26H28N4O4S/c1-26(2,3)33-25(31)34-30-15-17-10-18(30)14-29(17)13-16-12-27-22-11-19(8-9-20(16)22)32-24-28-21-6-4-5-7-23(21)35-24/h4-9,11-12,17-18,27H,10,13-15H2,1-3H3/t17-,18-/m0/s1. The molecule has 4 heterocycles. The second-order valence-electron chi connectivity index (χ2n) is 10.2. The molecule has 0 aliphatic carbocycles. The molecule has 2 aliphatic rings. The number of thiazole rings is 1. The van der Waals surface area contributed by atoms with Crippen molar-refractivity contribution in [2.45, 2.75) is 51.4 Å². The van der Waals surface area contributed by atoms with Gasteiger partial charge in [-0.2, -0.15) is 0 Å². The van der Waals surface area contributed by atoms with Crippen LogP contribution in [0.25, 0.3) is 21.1 Å². The molecule has 0 spiro atoms. The maximum absolute atomic E-state index is 12.0. The topological polar surface area (TPSA) is 79.9 Å². The summed E-state index contributed by atoms with van der Waals surface area (Å²) in [6.45, 7) is 7.92. The van der Waals surface area contributed by atoms with Crippen LogP contribution < -0.4 is 4.74 Å². The molecular formula is C26H28N4O4S. The van der Waals surface area contributed by atoms with Crippen molar-refractivity contribution in [1.29, 1.82) is 0 Å². The highest BCUT2D eigenvalue weighted by atomic mass is 32.1. The number of H-pyrrole nitrogens is 1. The lowest BCUT2D eigenvalue weighted by Gasteiger charge is -2.33. The Kier molecular flexibility index (Phi) is 5.43. The van der Waals surface area contributed by atoms with Crippen LogP contribution in [0.3, 0.4) is 0 Å². The Bertz CT molecular complexity index is 1360. The predicted molar refractivity (Wildman–Crippen MR) is 135 cm³/mol. The van der Waals surface area contributed by atoms with Gasteiger partial charge < -0.3 is 19.3 Å². The number of carbonyl (C=O) groups is 1. The number of ether oxygens (including phenoxy) is 2. The number of nitrogens with zero attached hydrogens (tertiary/aromatic N) is 3. The summed E-state index contributed by atoms with van der Waals surface area (Å²) in [5.41, 5.74) is 2.68. The van der Waals surface area contributed by atoms with E-state index in [2.05, 4.69) is 27.1 Å². The number of hydroxylamine groups is 2. The van der Waals surface area contributed by atoms with Crippen molar-refractivity contribution in [2.24, 2.45) is 0 Å². The first-order valence-electron chi connectivity index (χ1n) is 11.9. The molecule has 2 bridgehead atoms. The van der Waals surface area contributed by atoms with Crippen molar-refractivity contribution < 1.29 is 19.1 Å². The van der Waals surface area contributed by atoms with Gasteiger partial charge in [-0.1, -0.05) is 23.5 Å². The first-order valence-corrected chi connectivity index (χ1v) is 12.7. The molecule has 4 aromatic rings. The summed E-state index contributed by atoms with van der Waals surface area (Å²) >= 11 is 1.54. The lowest BCUT2D eigenvalue weighted by Crippen LogP contribution is -2.47. The fraction of sp³-hybridized carbons (Fsp3) is 0.385. The number of likely N-dealkylation sites (tertiary alicyclic amines) is 1. The van der Waals surface area contributed by atoms with Gasteiger partial charge in [-0.15, -0.1) is 5.06 Å². The minimum absolute atomic E-state index is 0.200. The largest absolute Gasteiger partial charge is 0.528 e. The Labute approximate surface area is 207 Å². The average Bonchev–Trinajstić information content (AvgIpc) is 3.55. The minimum atomic E-state index is -0.628. The van der Waals surface area contributed by atoms with Crippen LogP contribution in [0.15, 0.2) is 48.7 Å². The molecule has 35 heavy (non-hydrogen) atoms. The molecule has 0 unspecified atom stereocenters. The summed E-state index contributed by atoms with van der Waals surface area (Å²) in [5, 5.41) is 3.62. The van der Waals surface area contributed by atoms with E-state index >= 15 is 0 Å². The van der Waals surface area contributed by atoms with Gasteiger partial charge >= 0.3 is 6.16 Å². The van der Waals surface area contributed by atoms with E-state index in [-0.39, 0.29) is 6.04 Å². The normalized spacial score (nSPS) is 20.7. The number of hydrogen-bond donors (Lipinski definition) is 1. The van der Waals surface area contributed by atoms with Crippen LogP contribution in [0.1, 0.15) is 32.8 Å². The van der Waals surface area contributed by atoms with Gasteiger partial charge in [0.1, 0.15) is 11.4 Å². The van der Waals surface area contributed by atoms with E-state index in [4.69, 9.17) is 14.3 Å². The van der Waals surface area contributed by atoms with E-state index in [9.17, 15) is 4.79 Å². The molecule has 2 aromatic carbocycles. The summed E-state index contributed by atoms with van der Waals surface area (Å²) in [7, 11) is 0. The number of aromatic amines is 1. The van der Waals surface area contributed by atoms with E-state index < -0.39 is 11.8 Å². The van der Waals surface area contributed by atoms with Crippen molar-refractivity contribution in [2.75, 3.05) is 13.1 Å². The van der Waals surface area contributed by atoms with E-state index in [1.807, 2.05) is 57.2 Å². The highest BCUT2D eigenvalue weighted by molar-refractivity contribution is 7.20. The predicted octanol–water partition coefficient (Wildman–Crippen LogP) is 5.70. The number of benzene rings is 2. The molecule has 0 radical (unpaired) electrons. The van der Waals surface area contributed by atoms with Gasteiger partial charge in [-0.25, -0.2) is 9.78 Å². The number of aromatic nitrogens is 2. The zero-order valence-corrected chi connectivity index (χ0v) is 20.8. The highest BCUT2D eigenvalue weighted by Crippen LogP contribution is 2.35. The zero-order chi connectivity index (χ0) is 24.2. The van der Waals surface area contributed by atoms with Crippen molar-refractivity contribution in [1.82, 2.24) is 19.9 Å². The van der Waals surface area contributed by atoms with Crippen molar-refractivity contribution in [3.8, 4) is 10.9 Å². The van der Waals surface area contributed by atoms with E-state index in [0.29, 0.717) is 17.8 Å². The van der Waals surface area contributed by atoms with Crippen LogP contribution in [0.4, 0.5) is 4.79 Å². The smallest absolute Gasteiger partial charge is 0.431 e. The van der Waals surface area contributed by atoms with Gasteiger partial charge in [-0.3, -0.25) is 4.90 Å². The number of para-hydroxylation sites is 1. The molecule has 2 aromatic heterocycles. The Morgan fingerprint density at radius 1 is 1.17 bits per heavy atom. The third-order valence-corrected chi connectivity index (χ3v) is 7.39. The minimum Gasteiger partial charge on any atom is -0.431 e. The van der Waals surface area contributed by atoms with Gasteiger partial charge in [0, 0.05) is 42.3 Å². The first kappa shape index (κ1) is 22.3. The SMILES string of the molecule is CC(C)(C)OC(=O)ON1C[C@@H]2C[C@H]1CN2Cc1c[nH]c2cc(Oc3nc4ccccc4s3)ccc12. The Balaban J connectivity index is 1.09. The third kappa shape index (κ3) is 4.59. The number of piperazine rings is 1. The molecule has 2 aliphatic heterocycles. The van der Waals surface area contributed by atoms with E-state index in [0.717, 1.165) is 41.0 Å². The zero-order valence-electron chi connectivity index (χ0n) is 20.0. The number of rotatable bonds is 5. The van der Waals surface area contributed by atoms with Crippen molar-refractivity contribution in [3.63, 3.8) is 0 Å². The average molecular weight is 493 g/mol. The van der Waals surface area contributed by atoms with Crippen LogP contribution in [0, 0.1) is 0 Å². The molecular weight excluding hydrogens is 464 g/mol. The van der Waals surface area contributed by atoms with Crippen LogP contribution in [0.2, 0.25) is 0 Å². The highest BCUT2D eigenvalue weighted by Gasteiger charge is 2.45. The van der Waals surface area contributed by atoms with Crippen LogP contribution >= 0.6 is 11.3 Å². The molecule has 182 valence electrons. The molecule has 9 heteroatoms. The molecule has 6 rings (SSSR count). The molecule has 0 amide bonds. The summed E-state index contributed by atoms with van der Waals surface area (Å²) in [5.74, 6) is 0.764. The Hall–Kier alpha value is -3.14. The van der Waals surface area contributed by atoms with Crippen LogP contribution in [-0.4, -0.2) is 56.9 Å². The first-order chi connectivity index (χ1) is 16.8. The molecule has 0 saturated carbocycles. The van der Waals surface area contributed by atoms with E-state index in [1.165, 1.54) is 10.9 Å². The lowest BCUT2D eigenvalue weighted by molar-refractivity contribution is -0.164. The van der Waals surface area contributed by atoms with Gasteiger partial charge in [0.2, 0.25) is 0 Å². The second kappa shape index (κ2) is 8.51.